The highest BCUT2D eigenvalue weighted by Gasteiger charge is 2.46. The summed E-state index contributed by atoms with van der Waals surface area (Å²) in [5.41, 5.74) is -0.305. The summed E-state index contributed by atoms with van der Waals surface area (Å²) < 4.78 is 33.3. The van der Waals surface area contributed by atoms with Crippen LogP contribution in [0.2, 0.25) is 10.0 Å². The number of carbonyl (C=O) groups excluding carboxylic acids is 2. The quantitative estimate of drug-likeness (QED) is 0.168. The molecule has 3 aromatic rings. The topological polar surface area (TPSA) is 85.3 Å². The first-order valence-electron chi connectivity index (χ1n) is 14.1. The fourth-order valence-electron chi connectivity index (χ4n) is 6.21. The highest BCUT2D eigenvalue weighted by atomic mass is 35.5. The largest absolute Gasteiger partial charge is 0.463 e. The lowest BCUT2D eigenvalue weighted by Crippen LogP contribution is -2.49. The van der Waals surface area contributed by atoms with E-state index in [9.17, 15) is 14.7 Å². The number of amides is 1. The monoisotopic (exact) mass is 631 g/mol. The molecule has 0 unspecified atom stereocenters. The maximum absolute atomic E-state index is 16.7. The van der Waals surface area contributed by atoms with Crippen molar-refractivity contribution in [1.29, 1.82) is 0 Å². The van der Waals surface area contributed by atoms with Crippen molar-refractivity contribution >= 4 is 36.1 Å². The number of aliphatic hydroxyl groups is 1. The lowest BCUT2D eigenvalue weighted by atomic mass is 9.74. The van der Waals surface area contributed by atoms with Gasteiger partial charge in [-0.25, -0.2) is 4.39 Å². The number of nitrogens with zero attached hydrogens (tertiary/aromatic N) is 1. The zero-order valence-electron chi connectivity index (χ0n) is 24.4. The lowest BCUT2D eigenvalue weighted by Gasteiger charge is -2.43. The number of benzene rings is 3. The number of methoxy groups -OCH3 is 1. The van der Waals surface area contributed by atoms with E-state index in [0.717, 1.165) is 0 Å². The average Bonchev–Trinajstić information content (AvgIpc) is 3.02. The van der Waals surface area contributed by atoms with Gasteiger partial charge in [0.1, 0.15) is 12.4 Å². The summed E-state index contributed by atoms with van der Waals surface area (Å²) in [4.78, 5) is 25.2. The summed E-state index contributed by atoms with van der Waals surface area (Å²) in [5, 5.41) is 12.7. The third-order valence-corrected chi connectivity index (χ3v) is 8.93. The highest BCUT2D eigenvalue weighted by Crippen LogP contribution is 2.45. The lowest BCUT2D eigenvalue weighted by molar-refractivity contribution is -0.150. The molecule has 1 aliphatic heterocycles. The van der Waals surface area contributed by atoms with Crippen LogP contribution >= 0.6 is 23.2 Å². The Morgan fingerprint density at radius 1 is 1.02 bits per heavy atom. The van der Waals surface area contributed by atoms with Crippen molar-refractivity contribution in [2.75, 3.05) is 20.3 Å². The number of halogens is 3. The third kappa shape index (κ3) is 6.59. The van der Waals surface area contributed by atoms with Gasteiger partial charge >= 0.3 is 0 Å². The standard InChI is InChI=1S/C33H36Cl2FNO6/c1-4-32(40,25-11-13-42-14-12-25)27-15-22(2)31(30(36)17-27)33(41-3,26-6-9-28(34)10-7-26)37(20-38)18-23-5-8-29(35)16-24(23)19-43-21-39/h5-10,15-17,20-21,25,40H,4,11-14,18-19H2,1-3H3/t32-,33+/m0/s1. The minimum Gasteiger partial charge on any atom is -0.463 e. The van der Waals surface area contributed by atoms with E-state index in [2.05, 4.69) is 0 Å². The Morgan fingerprint density at radius 2 is 1.70 bits per heavy atom. The molecule has 7 nitrogen and oxygen atoms in total. The summed E-state index contributed by atoms with van der Waals surface area (Å²) in [7, 11) is 1.40. The molecule has 4 rings (SSSR count). The van der Waals surface area contributed by atoms with Crippen LogP contribution in [0.15, 0.2) is 54.6 Å². The maximum Gasteiger partial charge on any atom is 0.293 e. The van der Waals surface area contributed by atoms with Gasteiger partial charge in [0.25, 0.3) is 6.47 Å². The van der Waals surface area contributed by atoms with Crippen LogP contribution in [0, 0.1) is 18.7 Å². The molecule has 0 aliphatic carbocycles. The predicted molar refractivity (Wildman–Crippen MR) is 162 cm³/mol. The van der Waals surface area contributed by atoms with E-state index in [1.54, 1.807) is 55.5 Å². The van der Waals surface area contributed by atoms with Gasteiger partial charge in [-0.3, -0.25) is 9.59 Å². The fraction of sp³-hybridized carbons (Fsp3) is 0.394. The molecule has 10 heteroatoms. The van der Waals surface area contributed by atoms with Gasteiger partial charge in [-0.1, -0.05) is 54.4 Å². The number of hydrogen-bond acceptors (Lipinski definition) is 6. The van der Waals surface area contributed by atoms with Crippen LogP contribution in [0.4, 0.5) is 4.39 Å². The van der Waals surface area contributed by atoms with Crippen LogP contribution < -0.4 is 0 Å². The Kier molecular flexibility index (Phi) is 10.8. The summed E-state index contributed by atoms with van der Waals surface area (Å²) in [6.07, 6.45) is 2.31. The molecule has 2 atom stereocenters. The van der Waals surface area contributed by atoms with E-state index < -0.39 is 17.1 Å². The number of hydrogen-bond donors (Lipinski definition) is 1. The molecule has 1 N–H and O–H groups in total. The van der Waals surface area contributed by atoms with Gasteiger partial charge in [0.05, 0.1) is 5.60 Å². The SMILES string of the molecule is CC[C@@](O)(c1cc(C)c([C@](OC)(c2ccc(Cl)cc2)N(C=O)Cc2ccc(Cl)cc2COC=O)c(F)c1)C1CCOCC1. The van der Waals surface area contributed by atoms with Gasteiger partial charge in [0, 0.05) is 48.0 Å². The Balaban J connectivity index is 1.90. The molecular formula is C33H36Cl2FNO6. The summed E-state index contributed by atoms with van der Waals surface area (Å²) in [6.45, 7) is 4.90. The molecule has 1 heterocycles. The van der Waals surface area contributed by atoms with Crippen LogP contribution in [0.3, 0.4) is 0 Å². The van der Waals surface area contributed by atoms with Crippen molar-refractivity contribution in [2.24, 2.45) is 5.92 Å². The Labute approximate surface area is 261 Å². The van der Waals surface area contributed by atoms with E-state index in [1.165, 1.54) is 18.1 Å². The van der Waals surface area contributed by atoms with Gasteiger partial charge in [-0.05, 0) is 84.7 Å². The van der Waals surface area contributed by atoms with Crippen LogP contribution in [0.1, 0.15) is 59.6 Å². The number of rotatable bonds is 13. The fourth-order valence-corrected chi connectivity index (χ4v) is 6.53. The Morgan fingerprint density at radius 3 is 2.28 bits per heavy atom. The third-order valence-electron chi connectivity index (χ3n) is 8.44. The van der Waals surface area contributed by atoms with Crippen molar-refractivity contribution in [1.82, 2.24) is 4.90 Å². The minimum absolute atomic E-state index is 0.0453. The molecule has 0 aromatic heterocycles. The highest BCUT2D eigenvalue weighted by molar-refractivity contribution is 6.30. The molecule has 1 amide bonds. The van der Waals surface area contributed by atoms with Crippen molar-refractivity contribution < 1.29 is 33.3 Å². The van der Waals surface area contributed by atoms with Gasteiger partial charge in [-0.15, -0.1) is 0 Å². The van der Waals surface area contributed by atoms with Crippen molar-refractivity contribution in [2.45, 2.75) is 57.6 Å². The van der Waals surface area contributed by atoms with Gasteiger partial charge < -0.3 is 24.2 Å². The zero-order chi connectivity index (χ0) is 31.2. The molecule has 43 heavy (non-hydrogen) atoms. The molecular weight excluding hydrogens is 596 g/mol. The Hall–Kier alpha value is -3.01. The first-order valence-corrected chi connectivity index (χ1v) is 14.9. The smallest absolute Gasteiger partial charge is 0.293 e. The van der Waals surface area contributed by atoms with Crippen molar-refractivity contribution in [3.63, 3.8) is 0 Å². The van der Waals surface area contributed by atoms with Crippen LogP contribution in [0.25, 0.3) is 0 Å². The Bertz CT molecular complexity index is 1410. The first-order chi connectivity index (χ1) is 20.6. The minimum atomic E-state index is -1.75. The molecule has 3 aromatic carbocycles. The molecule has 1 saturated heterocycles. The first kappa shape index (κ1) is 32.9. The van der Waals surface area contributed by atoms with Crippen LogP contribution in [-0.2, 0) is 48.3 Å². The van der Waals surface area contributed by atoms with Gasteiger partial charge in [-0.2, -0.15) is 0 Å². The molecule has 1 fully saturated rings. The molecule has 0 radical (unpaired) electrons. The van der Waals surface area contributed by atoms with E-state index in [1.807, 2.05) is 6.92 Å². The van der Waals surface area contributed by atoms with Crippen molar-refractivity contribution in [3.8, 4) is 0 Å². The van der Waals surface area contributed by atoms with Crippen molar-refractivity contribution in [3.05, 3.63) is 104 Å². The van der Waals surface area contributed by atoms with Crippen LogP contribution in [-0.4, -0.2) is 43.2 Å². The average molecular weight is 633 g/mol. The number of carbonyl (C=O) groups is 2. The second kappa shape index (κ2) is 14.2. The second-order valence-corrected chi connectivity index (χ2v) is 11.6. The molecule has 230 valence electrons. The van der Waals surface area contributed by atoms with Gasteiger partial charge in [0.15, 0.2) is 5.72 Å². The van der Waals surface area contributed by atoms with Gasteiger partial charge in [0.2, 0.25) is 6.41 Å². The van der Waals surface area contributed by atoms with E-state index in [-0.39, 0.29) is 24.6 Å². The van der Waals surface area contributed by atoms with E-state index in [4.69, 9.17) is 37.4 Å². The molecule has 0 saturated carbocycles. The summed E-state index contributed by atoms with van der Waals surface area (Å²) in [5.74, 6) is -0.735. The van der Waals surface area contributed by atoms with E-state index >= 15 is 4.39 Å². The molecule has 1 aliphatic rings. The molecule has 0 spiro atoms. The number of ether oxygens (including phenoxy) is 3. The maximum atomic E-state index is 16.7. The molecule has 0 bridgehead atoms. The van der Waals surface area contributed by atoms with Crippen LogP contribution in [0.5, 0.6) is 0 Å². The predicted octanol–water partition coefficient (Wildman–Crippen LogP) is 6.64. The summed E-state index contributed by atoms with van der Waals surface area (Å²) >= 11 is 12.4. The normalized spacial score (nSPS) is 16.6. The zero-order valence-corrected chi connectivity index (χ0v) is 26.0. The second-order valence-electron chi connectivity index (χ2n) is 10.7. The number of aryl methyl sites for hydroxylation is 1. The summed E-state index contributed by atoms with van der Waals surface area (Å²) in [6, 6.07) is 14.8. The van der Waals surface area contributed by atoms with E-state index in [0.29, 0.717) is 83.2 Å².